The van der Waals surface area contributed by atoms with Crippen LogP contribution in [-0.2, 0) is 6.42 Å². The van der Waals surface area contributed by atoms with Crippen molar-refractivity contribution in [3.63, 3.8) is 0 Å². The number of hydrogen-bond donors (Lipinski definition) is 1. The van der Waals surface area contributed by atoms with Crippen molar-refractivity contribution in [2.45, 2.75) is 32.8 Å². The smallest absolute Gasteiger partial charge is 0.134 e. The molecular weight excluding hydrogens is 262 g/mol. The van der Waals surface area contributed by atoms with Crippen molar-refractivity contribution in [3.05, 3.63) is 59.2 Å². The lowest BCUT2D eigenvalue weighted by Gasteiger charge is -2.13. The molecule has 0 amide bonds. The number of benzene rings is 2. The normalized spacial score (nSPS) is 11.7. The molecule has 108 valence electrons. The fraction of sp³-hybridized carbons (Fsp3) is 0.278. The average molecular weight is 281 g/mol. The van der Waals surface area contributed by atoms with Crippen molar-refractivity contribution >= 4 is 0 Å². The van der Waals surface area contributed by atoms with E-state index in [9.17, 15) is 5.11 Å². The summed E-state index contributed by atoms with van der Waals surface area (Å²) in [6.45, 7) is 3.82. The van der Waals surface area contributed by atoms with Gasteiger partial charge in [0.2, 0.25) is 0 Å². The second-order valence-corrected chi connectivity index (χ2v) is 5.04. The van der Waals surface area contributed by atoms with E-state index in [0.29, 0.717) is 22.6 Å². The molecule has 0 bridgehead atoms. The first kappa shape index (κ1) is 15.1. The molecular formula is C18H19NO2. The van der Waals surface area contributed by atoms with Crippen LogP contribution in [-0.4, -0.2) is 5.11 Å². The van der Waals surface area contributed by atoms with E-state index in [1.54, 1.807) is 25.1 Å². The lowest BCUT2D eigenvalue weighted by Crippen LogP contribution is -1.97. The molecule has 0 aliphatic rings. The Balaban J connectivity index is 2.27. The van der Waals surface area contributed by atoms with Crippen LogP contribution in [0.4, 0.5) is 0 Å². The highest BCUT2D eigenvalue weighted by Gasteiger charge is 2.11. The molecule has 2 aromatic rings. The molecule has 1 unspecified atom stereocenters. The van der Waals surface area contributed by atoms with Crippen molar-refractivity contribution < 1.29 is 9.84 Å². The van der Waals surface area contributed by atoms with Crippen molar-refractivity contribution in [2.75, 3.05) is 0 Å². The second kappa shape index (κ2) is 6.92. The quantitative estimate of drug-likeness (QED) is 0.886. The zero-order chi connectivity index (χ0) is 15.2. The van der Waals surface area contributed by atoms with E-state index in [1.165, 1.54) is 5.56 Å². The maximum Gasteiger partial charge on any atom is 0.134 e. The maximum absolute atomic E-state index is 9.80. The third-order valence-corrected chi connectivity index (χ3v) is 3.28. The Morgan fingerprint density at radius 2 is 1.90 bits per heavy atom. The van der Waals surface area contributed by atoms with Gasteiger partial charge < -0.3 is 9.84 Å². The molecule has 0 saturated heterocycles. The molecule has 0 fully saturated rings. The summed E-state index contributed by atoms with van der Waals surface area (Å²) in [7, 11) is 0. The zero-order valence-electron chi connectivity index (χ0n) is 12.3. The summed E-state index contributed by atoms with van der Waals surface area (Å²) in [4.78, 5) is 0. The summed E-state index contributed by atoms with van der Waals surface area (Å²) < 4.78 is 5.84. The first-order valence-electron chi connectivity index (χ1n) is 7.13. The largest absolute Gasteiger partial charge is 0.457 e. The van der Waals surface area contributed by atoms with Gasteiger partial charge in [0.1, 0.15) is 11.5 Å². The minimum Gasteiger partial charge on any atom is -0.457 e. The van der Waals surface area contributed by atoms with E-state index < -0.39 is 6.10 Å². The molecule has 1 atom stereocenters. The molecule has 2 aromatic carbocycles. The maximum atomic E-state index is 9.80. The van der Waals surface area contributed by atoms with E-state index in [-0.39, 0.29) is 0 Å². The van der Waals surface area contributed by atoms with Crippen LogP contribution < -0.4 is 4.74 Å². The van der Waals surface area contributed by atoms with Gasteiger partial charge in [-0.25, -0.2) is 0 Å². The van der Waals surface area contributed by atoms with Crippen molar-refractivity contribution in [1.82, 2.24) is 0 Å². The molecule has 21 heavy (non-hydrogen) atoms. The van der Waals surface area contributed by atoms with Crippen LogP contribution in [0.1, 0.15) is 43.1 Å². The fourth-order valence-electron chi connectivity index (χ4n) is 2.18. The van der Waals surface area contributed by atoms with Crippen LogP contribution in [0.15, 0.2) is 42.5 Å². The Kier molecular flexibility index (Phi) is 4.97. The molecule has 2 rings (SSSR count). The van der Waals surface area contributed by atoms with Crippen LogP contribution in [0.25, 0.3) is 0 Å². The van der Waals surface area contributed by atoms with Crippen LogP contribution in [0.2, 0.25) is 0 Å². The van der Waals surface area contributed by atoms with E-state index in [1.807, 2.05) is 24.3 Å². The monoisotopic (exact) mass is 281 g/mol. The van der Waals surface area contributed by atoms with Gasteiger partial charge in [-0.3, -0.25) is 0 Å². The van der Waals surface area contributed by atoms with Gasteiger partial charge >= 0.3 is 0 Å². The predicted molar refractivity (Wildman–Crippen MR) is 82.3 cm³/mol. The SMILES string of the molecule is CCCc1ccc(Oc2cc(C#N)ccc2C(C)O)cc1. The Labute approximate surface area is 125 Å². The third-order valence-electron chi connectivity index (χ3n) is 3.28. The second-order valence-electron chi connectivity index (χ2n) is 5.04. The third kappa shape index (κ3) is 3.84. The Morgan fingerprint density at radius 3 is 2.48 bits per heavy atom. The summed E-state index contributed by atoms with van der Waals surface area (Å²) in [6, 6.07) is 15.0. The topological polar surface area (TPSA) is 53.2 Å². The summed E-state index contributed by atoms with van der Waals surface area (Å²) in [5, 5.41) is 18.8. The highest BCUT2D eigenvalue weighted by molar-refractivity contribution is 5.45. The van der Waals surface area contributed by atoms with Gasteiger partial charge in [0.15, 0.2) is 0 Å². The minimum absolute atomic E-state index is 0.511. The molecule has 0 spiro atoms. The van der Waals surface area contributed by atoms with Crippen LogP contribution in [0.5, 0.6) is 11.5 Å². The molecule has 3 heteroatoms. The number of nitrogens with zero attached hydrogens (tertiary/aromatic N) is 1. The standard InChI is InChI=1S/C18H19NO2/c1-3-4-14-5-8-16(9-6-14)21-18-11-15(12-19)7-10-17(18)13(2)20/h5-11,13,20H,3-4H2,1-2H3. The molecule has 0 heterocycles. The number of hydrogen-bond acceptors (Lipinski definition) is 3. The van der Waals surface area contributed by atoms with Gasteiger partial charge in [-0.05, 0) is 43.2 Å². The zero-order valence-corrected chi connectivity index (χ0v) is 12.3. The summed E-state index contributed by atoms with van der Waals surface area (Å²) in [5.41, 5.74) is 2.45. The molecule has 1 N–H and O–H groups in total. The Hall–Kier alpha value is -2.31. The van der Waals surface area contributed by atoms with E-state index in [4.69, 9.17) is 10.00 Å². The van der Waals surface area contributed by atoms with Gasteiger partial charge in [-0.1, -0.05) is 31.5 Å². The number of ether oxygens (including phenoxy) is 1. The number of nitriles is 1. The number of aliphatic hydroxyl groups is 1. The molecule has 0 aliphatic carbocycles. The molecule has 0 aliphatic heterocycles. The highest BCUT2D eigenvalue weighted by Crippen LogP contribution is 2.30. The lowest BCUT2D eigenvalue weighted by atomic mass is 10.1. The predicted octanol–water partition coefficient (Wildman–Crippen LogP) is 4.36. The van der Waals surface area contributed by atoms with E-state index in [0.717, 1.165) is 12.8 Å². The first-order chi connectivity index (χ1) is 10.1. The highest BCUT2D eigenvalue weighted by atomic mass is 16.5. The lowest BCUT2D eigenvalue weighted by molar-refractivity contribution is 0.195. The Morgan fingerprint density at radius 1 is 1.19 bits per heavy atom. The van der Waals surface area contributed by atoms with Crippen molar-refractivity contribution in [2.24, 2.45) is 0 Å². The first-order valence-corrected chi connectivity index (χ1v) is 7.13. The van der Waals surface area contributed by atoms with Gasteiger partial charge in [-0.15, -0.1) is 0 Å². The van der Waals surface area contributed by atoms with E-state index >= 15 is 0 Å². The van der Waals surface area contributed by atoms with Crippen molar-refractivity contribution in [3.8, 4) is 17.6 Å². The Bertz CT molecular complexity index is 639. The molecule has 0 aromatic heterocycles. The average Bonchev–Trinajstić information content (AvgIpc) is 2.49. The van der Waals surface area contributed by atoms with Crippen LogP contribution in [0.3, 0.4) is 0 Å². The number of aliphatic hydroxyl groups excluding tert-OH is 1. The number of rotatable bonds is 5. The molecule has 0 radical (unpaired) electrons. The van der Waals surface area contributed by atoms with Gasteiger partial charge in [-0.2, -0.15) is 5.26 Å². The molecule has 3 nitrogen and oxygen atoms in total. The number of aryl methyl sites for hydroxylation is 1. The van der Waals surface area contributed by atoms with Gasteiger partial charge in [0.25, 0.3) is 0 Å². The minimum atomic E-state index is -0.646. The van der Waals surface area contributed by atoms with E-state index in [2.05, 4.69) is 13.0 Å². The summed E-state index contributed by atoms with van der Waals surface area (Å²) >= 11 is 0. The summed E-state index contributed by atoms with van der Waals surface area (Å²) in [6.07, 6.45) is 1.51. The van der Waals surface area contributed by atoms with Gasteiger partial charge in [0, 0.05) is 5.56 Å². The van der Waals surface area contributed by atoms with Crippen molar-refractivity contribution in [1.29, 1.82) is 5.26 Å². The molecule has 0 saturated carbocycles. The summed E-state index contributed by atoms with van der Waals surface area (Å²) in [5.74, 6) is 1.22. The fourth-order valence-corrected chi connectivity index (χ4v) is 2.18. The van der Waals surface area contributed by atoms with Crippen LogP contribution in [0, 0.1) is 11.3 Å². The van der Waals surface area contributed by atoms with Crippen LogP contribution >= 0.6 is 0 Å². The van der Waals surface area contributed by atoms with Gasteiger partial charge in [0.05, 0.1) is 17.7 Å².